The van der Waals surface area contributed by atoms with Crippen LogP contribution < -0.4 is 10.6 Å². The fraction of sp³-hybridized carbons (Fsp3) is 0.545. The van der Waals surface area contributed by atoms with Crippen molar-refractivity contribution in [1.29, 1.82) is 0 Å². The molecule has 6 heteroatoms. The molecule has 1 saturated carbocycles. The summed E-state index contributed by atoms with van der Waals surface area (Å²) in [5.74, 6) is -0.455. The first-order chi connectivity index (χ1) is 8.16. The van der Waals surface area contributed by atoms with E-state index in [2.05, 4.69) is 20.8 Å². The molecule has 1 heterocycles. The smallest absolute Gasteiger partial charge is 0.274 e. The zero-order chi connectivity index (χ0) is 12.3. The maximum absolute atomic E-state index is 11.9. The Bertz CT molecular complexity index is 421. The zero-order valence-electron chi connectivity index (χ0n) is 9.75. The Morgan fingerprint density at radius 3 is 2.76 bits per heavy atom. The van der Waals surface area contributed by atoms with E-state index in [-0.39, 0.29) is 23.6 Å². The van der Waals surface area contributed by atoms with Crippen molar-refractivity contribution in [3.63, 3.8) is 0 Å². The van der Waals surface area contributed by atoms with E-state index < -0.39 is 0 Å². The number of nitrogens with one attached hydrogen (secondary N) is 3. The van der Waals surface area contributed by atoms with Gasteiger partial charge in [0.25, 0.3) is 5.91 Å². The summed E-state index contributed by atoms with van der Waals surface area (Å²) < 4.78 is 0. The van der Waals surface area contributed by atoms with Gasteiger partial charge in [0.05, 0.1) is 5.69 Å². The lowest BCUT2D eigenvalue weighted by Crippen LogP contribution is -2.33. The van der Waals surface area contributed by atoms with Crippen molar-refractivity contribution in [2.75, 3.05) is 5.32 Å². The average Bonchev–Trinajstić information content (AvgIpc) is 2.87. The Labute approximate surface area is 99.2 Å². The Morgan fingerprint density at radius 1 is 1.41 bits per heavy atom. The highest BCUT2D eigenvalue weighted by atomic mass is 16.2. The van der Waals surface area contributed by atoms with Crippen molar-refractivity contribution < 1.29 is 9.59 Å². The Morgan fingerprint density at radius 2 is 2.12 bits per heavy atom. The molecule has 0 unspecified atom stereocenters. The molecule has 1 aliphatic rings. The summed E-state index contributed by atoms with van der Waals surface area (Å²) in [5.41, 5.74) is 0.667. The zero-order valence-corrected chi connectivity index (χ0v) is 9.75. The molecule has 0 aromatic carbocycles. The molecule has 2 rings (SSSR count). The summed E-state index contributed by atoms with van der Waals surface area (Å²) in [6.45, 7) is 1.39. The largest absolute Gasteiger partial charge is 0.348 e. The molecule has 0 atom stereocenters. The first kappa shape index (κ1) is 11.6. The molecule has 1 aliphatic carbocycles. The number of rotatable bonds is 3. The van der Waals surface area contributed by atoms with Crippen LogP contribution in [0.1, 0.15) is 43.1 Å². The fourth-order valence-corrected chi connectivity index (χ4v) is 2.07. The first-order valence-electron chi connectivity index (χ1n) is 5.79. The minimum absolute atomic E-state index is 0.221. The number of anilines is 1. The molecule has 0 radical (unpaired) electrons. The highest BCUT2D eigenvalue weighted by Gasteiger charge is 2.21. The normalized spacial score (nSPS) is 15.8. The molecule has 0 aliphatic heterocycles. The summed E-state index contributed by atoms with van der Waals surface area (Å²) in [4.78, 5) is 22.9. The third-order valence-corrected chi connectivity index (χ3v) is 2.86. The van der Waals surface area contributed by atoms with Crippen molar-refractivity contribution in [3.8, 4) is 0 Å². The Balaban J connectivity index is 2.02. The molecule has 3 N–H and O–H groups in total. The van der Waals surface area contributed by atoms with Crippen LogP contribution in [0.3, 0.4) is 0 Å². The number of carbonyl (C=O) groups excluding carboxylic acids is 2. The van der Waals surface area contributed by atoms with Crippen LogP contribution in [0.2, 0.25) is 0 Å². The molecular weight excluding hydrogens is 220 g/mol. The molecule has 2 amide bonds. The van der Waals surface area contributed by atoms with Crippen LogP contribution in [0.15, 0.2) is 6.20 Å². The van der Waals surface area contributed by atoms with E-state index >= 15 is 0 Å². The molecular formula is C11H16N4O2. The molecule has 0 saturated heterocycles. The van der Waals surface area contributed by atoms with Gasteiger partial charge in [-0.2, -0.15) is 5.10 Å². The summed E-state index contributed by atoms with van der Waals surface area (Å²) >= 11 is 0. The van der Waals surface area contributed by atoms with E-state index in [0.29, 0.717) is 5.69 Å². The van der Waals surface area contributed by atoms with E-state index in [9.17, 15) is 9.59 Å². The number of amides is 2. The monoisotopic (exact) mass is 236 g/mol. The van der Waals surface area contributed by atoms with Crippen molar-refractivity contribution in [1.82, 2.24) is 15.5 Å². The van der Waals surface area contributed by atoms with Gasteiger partial charge < -0.3 is 10.6 Å². The van der Waals surface area contributed by atoms with Crippen LogP contribution >= 0.6 is 0 Å². The van der Waals surface area contributed by atoms with Crippen molar-refractivity contribution in [2.45, 2.75) is 38.6 Å². The van der Waals surface area contributed by atoms with Gasteiger partial charge in [0.1, 0.15) is 0 Å². The van der Waals surface area contributed by atoms with Crippen LogP contribution in [-0.2, 0) is 4.79 Å². The van der Waals surface area contributed by atoms with Crippen molar-refractivity contribution >= 4 is 17.5 Å². The predicted octanol–water partition coefficient (Wildman–Crippen LogP) is 1.04. The van der Waals surface area contributed by atoms with E-state index in [4.69, 9.17) is 0 Å². The summed E-state index contributed by atoms with van der Waals surface area (Å²) in [6.07, 6.45) is 5.86. The van der Waals surface area contributed by atoms with Gasteiger partial charge in [0.15, 0.2) is 5.69 Å². The van der Waals surface area contributed by atoms with Crippen molar-refractivity contribution in [2.24, 2.45) is 0 Å². The highest BCUT2D eigenvalue weighted by molar-refractivity contribution is 6.01. The van der Waals surface area contributed by atoms with Gasteiger partial charge in [-0.15, -0.1) is 0 Å². The molecule has 1 fully saturated rings. The fourth-order valence-electron chi connectivity index (χ4n) is 2.07. The maximum atomic E-state index is 11.9. The number of hydrogen-bond donors (Lipinski definition) is 3. The molecule has 17 heavy (non-hydrogen) atoms. The SMILES string of the molecule is CC(=O)Nc1c[nH]nc1C(=O)NC1CCCC1. The summed E-state index contributed by atoms with van der Waals surface area (Å²) in [5, 5.41) is 11.9. The van der Waals surface area contributed by atoms with Gasteiger partial charge in [-0.3, -0.25) is 14.7 Å². The minimum atomic E-state index is -0.234. The summed E-state index contributed by atoms with van der Waals surface area (Å²) in [7, 11) is 0. The van der Waals surface area contributed by atoms with Crippen molar-refractivity contribution in [3.05, 3.63) is 11.9 Å². The van der Waals surface area contributed by atoms with Crippen LogP contribution in [0.25, 0.3) is 0 Å². The first-order valence-corrected chi connectivity index (χ1v) is 5.79. The summed E-state index contributed by atoms with van der Waals surface area (Å²) in [6, 6.07) is 0.240. The van der Waals surface area contributed by atoms with E-state index in [1.165, 1.54) is 13.1 Å². The number of H-pyrrole nitrogens is 1. The second-order valence-corrected chi connectivity index (χ2v) is 4.28. The van der Waals surface area contributed by atoms with Crippen LogP contribution in [-0.4, -0.2) is 28.1 Å². The topological polar surface area (TPSA) is 86.9 Å². The lowest BCUT2D eigenvalue weighted by atomic mass is 10.2. The number of aromatic amines is 1. The minimum Gasteiger partial charge on any atom is -0.348 e. The predicted molar refractivity (Wildman–Crippen MR) is 62.6 cm³/mol. The number of hydrogen-bond acceptors (Lipinski definition) is 3. The van der Waals surface area contributed by atoms with E-state index in [1.54, 1.807) is 0 Å². The Kier molecular flexibility index (Phi) is 3.41. The van der Waals surface area contributed by atoms with Gasteiger partial charge >= 0.3 is 0 Å². The van der Waals surface area contributed by atoms with Gasteiger partial charge in [-0.1, -0.05) is 12.8 Å². The number of aromatic nitrogens is 2. The third kappa shape index (κ3) is 2.83. The highest BCUT2D eigenvalue weighted by Crippen LogP contribution is 2.19. The Hall–Kier alpha value is -1.85. The lowest BCUT2D eigenvalue weighted by Gasteiger charge is -2.11. The molecule has 0 spiro atoms. The molecule has 0 bridgehead atoms. The van der Waals surface area contributed by atoms with Crippen LogP contribution in [0.5, 0.6) is 0 Å². The third-order valence-electron chi connectivity index (χ3n) is 2.86. The van der Waals surface area contributed by atoms with Gasteiger partial charge in [-0.05, 0) is 12.8 Å². The van der Waals surface area contributed by atoms with Gasteiger partial charge in [0, 0.05) is 19.2 Å². The average molecular weight is 236 g/mol. The number of carbonyl (C=O) groups is 2. The quantitative estimate of drug-likeness (QED) is 0.732. The van der Waals surface area contributed by atoms with E-state index in [0.717, 1.165) is 25.7 Å². The number of nitrogens with zero attached hydrogens (tertiary/aromatic N) is 1. The van der Waals surface area contributed by atoms with Crippen LogP contribution in [0.4, 0.5) is 5.69 Å². The second-order valence-electron chi connectivity index (χ2n) is 4.28. The van der Waals surface area contributed by atoms with E-state index in [1.807, 2.05) is 0 Å². The standard InChI is InChI=1S/C11H16N4O2/c1-7(16)13-9-6-12-15-10(9)11(17)14-8-4-2-3-5-8/h6,8H,2-5H2,1H3,(H,12,15)(H,13,16)(H,14,17). The van der Waals surface area contributed by atoms with Gasteiger partial charge in [0.2, 0.25) is 5.91 Å². The second kappa shape index (κ2) is 4.99. The lowest BCUT2D eigenvalue weighted by molar-refractivity contribution is -0.114. The molecule has 1 aromatic heterocycles. The molecule has 6 nitrogen and oxygen atoms in total. The molecule has 92 valence electrons. The molecule has 1 aromatic rings. The van der Waals surface area contributed by atoms with Gasteiger partial charge in [-0.25, -0.2) is 0 Å². The van der Waals surface area contributed by atoms with Crippen LogP contribution in [0, 0.1) is 0 Å². The maximum Gasteiger partial charge on any atom is 0.274 e.